The number of anilines is 1. The van der Waals surface area contributed by atoms with E-state index in [1.807, 2.05) is 23.4 Å². The summed E-state index contributed by atoms with van der Waals surface area (Å²) in [5, 5.41) is 2.00. The molecule has 26 heavy (non-hydrogen) atoms. The van der Waals surface area contributed by atoms with Gasteiger partial charge >= 0.3 is 0 Å². The van der Waals surface area contributed by atoms with Crippen LogP contribution in [0.15, 0.2) is 15.9 Å². The Labute approximate surface area is 160 Å². The first-order chi connectivity index (χ1) is 12.6. The lowest BCUT2D eigenvalue weighted by atomic mass is 9.83. The van der Waals surface area contributed by atoms with Crippen LogP contribution in [0.3, 0.4) is 0 Å². The molecule has 1 saturated heterocycles. The molecule has 1 spiro atoms. The number of aryl methyl sites for hydroxylation is 1. The zero-order chi connectivity index (χ0) is 18.1. The van der Waals surface area contributed by atoms with Crippen molar-refractivity contribution in [1.82, 2.24) is 19.9 Å². The summed E-state index contributed by atoms with van der Waals surface area (Å²) in [6.45, 7) is 3.96. The molecule has 7 nitrogen and oxygen atoms in total. The van der Waals surface area contributed by atoms with E-state index in [2.05, 4.69) is 15.0 Å². The molecule has 0 aliphatic carbocycles. The lowest BCUT2D eigenvalue weighted by Gasteiger charge is -2.44. The van der Waals surface area contributed by atoms with Crippen molar-refractivity contribution in [1.29, 1.82) is 0 Å². The summed E-state index contributed by atoms with van der Waals surface area (Å²) in [6.07, 6.45) is 4.10. The van der Waals surface area contributed by atoms with Crippen molar-refractivity contribution in [3.8, 4) is 0 Å². The van der Waals surface area contributed by atoms with Crippen LogP contribution in [0.25, 0.3) is 0 Å². The number of thioether (sulfide) groups is 1. The first-order valence-corrected chi connectivity index (χ1v) is 10.5. The standard InChI is InChI=1S/C17H21N5O2S2/c1-11-9-25-16(20-11)26-10-13(23)22-5-3-17(4-6-22)14-12(2-7-24-17)8-19-15(18)21-14/h8-9H,2-7,10H2,1H3,(H2,18,19,21). The average molecular weight is 392 g/mol. The maximum absolute atomic E-state index is 12.5. The summed E-state index contributed by atoms with van der Waals surface area (Å²) < 4.78 is 7.10. The molecule has 2 N–H and O–H groups in total. The van der Waals surface area contributed by atoms with E-state index in [0.717, 1.165) is 40.6 Å². The van der Waals surface area contributed by atoms with Crippen LogP contribution in [0.2, 0.25) is 0 Å². The summed E-state index contributed by atoms with van der Waals surface area (Å²) in [5.41, 5.74) is 8.39. The zero-order valence-electron chi connectivity index (χ0n) is 14.6. The second-order valence-corrected chi connectivity index (χ2v) is 8.70. The van der Waals surface area contributed by atoms with Gasteiger partial charge in [-0.25, -0.2) is 15.0 Å². The molecule has 2 aliphatic rings. The van der Waals surface area contributed by atoms with Crippen molar-refractivity contribution in [2.45, 2.75) is 36.1 Å². The molecule has 1 fully saturated rings. The Morgan fingerprint density at radius 2 is 2.23 bits per heavy atom. The lowest BCUT2D eigenvalue weighted by molar-refractivity contribution is -0.138. The number of nitrogen functional groups attached to an aromatic ring is 1. The monoisotopic (exact) mass is 391 g/mol. The van der Waals surface area contributed by atoms with E-state index in [0.29, 0.717) is 25.4 Å². The number of nitrogens with two attached hydrogens (primary N) is 1. The van der Waals surface area contributed by atoms with Gasteiger partial charge in [0.2, 0.25) is 11.9 Å². The third-order valence-electron chi connectivity index (χ3n) is 4.91. The number of amides is 1. The van der Waals surface area contributed by atoms with Crippen LogP contribution < -0.4 is 5.73 Å². The highest BCUT2D eigenvalue weighted by atomic mass is 32.2. The van der Waals surface area contributed by atoms with Crippen LogP contribution in [0.1, 0.15) is 29.8 Å². The Hall–Kier alpha value is -1.71. The van der Waals surface area contributed by atoms with Crippen LogP contribution >= 0.6 is 23.1 Å². The first kappa shape index (κ1) is 17.7. The van der Waals surface area contributed by atoms with Crippen molar-refractivity contribution in [2.24, 2.45) is 0 Å². The minimum atomic E-state index is -0.430. The Morgan fingerprint density at radius 1 is 1.42 bits per heavy atom. The van der Waals surface area contributed by atoms with Gasteiger partial charge in [0.05, 0.1) is 18.1 Å². The third-order valence-corrected chi connectivity index (χ3v) is 7.03. The highest BCUT2D eigenvalue weighted by Crippen LogP contribution is 2.40. The number of ether oxygens (including phenoxy) is 1. The fraction of sp³-hybridized carbons (Fsp3) is 0.529. The van der Waals surface area contributed by atoms with Crippen molar-refractivity contribution in [2.75, 3.05) is 31.2 Å². The van der Waals surface area contributed by atoms with Crippen molar-refractivity contribution in [3.63, 3.8) is 0 Å². The Kier molecular flexibility index (Phi) is 4.85. The van der Waals surface area contributed by atoms with E-state index in [1.54, 1.807) is 11.3 Å². The number of fused-ring (bicyclic) bond motifs is 2. The number of carbonyl (C=O) groups excluding carboxylic acids is 1. The van der Waals surface area contributed by atoms with E-state index in [9.17, 15) is 4.79 Å². The molecule has 4 rings (SSSR count). The Bertz CT molecular complexity index is 817. The summed E-state index contributed by atoms with van der Waals surface area (Å²) >= 11 is 3.09. The van der Waals surface area contributed by atoms with Crippen molar-refractivity contribution in [3.05, 3.63) is 28.5 Å². The highest BCUT2D eigenvalue weighted by Gasteiger charge is 2.43. The topological polar surface area (TPSA) is 94.2 Å². The second-order valence-electron chi connectivity index (χ2n) is 6.62. The predicted molar refractivity (Wildman–Crippen MR) is 101 cm³/mol. The van der Waals surface area contributed by atoms with Crippen LogP contribution in [0, 0.1) is 6.92 Å². The van der Waals surface area contributed by atoms with E-state index < -0.39 is 5.60 Å². The molecule has 2 aromatic rings. The normalized spacial score (nSPS) is 18.7. The minimum absolute atomic E-state index is 0.149. The molecule has 2 aromatic heterocycles. The van der Waals surface area contributed by atoms with Crippen LogP contribution in [0.4, 0.5) is 5.95 Å². The first-order valence-electron chi connectivity index (χ1n) is 8.64. The molecule has 138 valence electrons. The molecule has 0 saturated carbocycles. The molecular formula is C17H21N5O2S2. The number of hydrogen-bond donors (Lipinski definition) is 1. The van der Waals surface area contributed by atoms with E-state index >= 15 is 0 Å². The maximum Gasteiger partial charge on any atom is 0.233 e. The van der Waals surface area contributed by atoms with Gasteiger partial charge in [-0.15, -0.1) is 11.3 Å². The van der Waals surface area contributed by atoms with Gasteiger partial charge in [0.15, 0.2) is 4.34 Å². The number of nitrogens with zero attached hydrogens (tertiary/aromatic N) is 4. The van der Waals surface area contributed by atoms with Gasteiger partial charge in [-0.1, -0.05) is 11.8 Å². The number of thiazole rings is 1. The lowest BCUT2D eigenvalue weighted by Crippen LogP contribution is -2.49. The van der Waals surface area contributed by atoms with Gasteiger partial charge in [0.25, 0.3) is 0 Å². The van der Waals surface area contributed by atoms with E-state index in [1.165, 1.54) is 11.8 Å². The van der Waals surface area contributed by atoms with Gasteiger partial charge in [-0.2, -0.15) is 0 Å². The molecule has 0 unspecified atom stereocenters. The second kappa shape index (κ2) is 7.13. The molecule has 0 atom stereocenters. The molecule has 9 heteroatoms. The largest absolute Gasteiger partial charge is 0.368 e. The molecule has 4 heterocycles. The van der Waals surface area contributed by atoms with E-state index in [-0.39, 0.29) is 11.9 Å². The van der Waals surface area contributed by atoms with Crippen molar-refractivity contribution < 1.29 is 9.53 Å². The molecule has 0 bridgehead atoms. The van der Waals surface area contributed by atoms with Gasteiger partial charge in [-0.05, 0) is 31.7 Å². The maximum atomic E-state index is 12.5. The number of likely N-dealkylation sites (tertiary alicyclic amines) is 1. The van der Waals surface area contributed by atoms with Crippen LogP contribution in [-0.2, 0) is 21.6 Å². The number of hydrogen-bond acceptors (Lipinski definition) is 8. The van der Waals surface area contributed by atoms with E-state index in [4.69, 9.17) is 10.5 Å². The summed E-state index contributed by atoms with van der Waals surface area (Å²) in [4.78, 5) is 27.4. The fourth-order valence-corrected chi connectivity index (χ4v) is 5.29. The van der Waals surface area contributed by atoms with Gasteiger partial charge in [0.1, 0.15) is 5.60 Å². The van der Waals surface area contributed by atoms with Gasteiger partial charge in [-0.3, -0.25) is 4.79 Å². The number of aromatic nitrogens is 3. The minimum Gasteiger partial charge on any atom is -0.368 e. The average Bonchev–Trinajstić information content (AvgIpc) is 3.06. The SMILES string of the molecule is Cc1csc(SCC(=O)N2CCC3(CC2)OCCc2cnc(N)nc23)n1. The number of piperidine rings is 1. The smallest absolute Gasteiger partial charge is 0.233 e. The molecule has 2 aliphatic heterocycles. The summed E-state index contributed by atoms with van der Waals surface area (Å²) in [5.74, 6) is 0.852. The molecular weight excluding hydrogens is 370 g/mol. The predicted octanol–water partition coefficient (Wildman–Crippen LogP) is 2.01. The molecule has 0 aromatic carbocycles. The summed E-state index contributed by atoms with van der Waals surface area (Å²) in [6, 6.07) is 0. The van der Waals surface area contributed by atoms with Gasteiger partial charge in [0, 0.05) is 30.4 Å². The summed E-state index contributed by atoms with van der Waals surface area (Å²) in [7, 11) is 0. The third kappa shape index (κ3) is 3.43. The van der Waals surface area contributed by atoms with Gasteiger partial charge < -0.3 is 15.4 Å². The van der Waals surface area contributed by atoms with Crippen molar-refractivity contribution >= 4 is 35.0 Å². The quantitative estimate of drug-likeness (QED) is 0.800. The van der Waals surface area contributed by atoms with Crippen LogP contribution in [-0.4, -0.2) is 51.2 Å². The van der Waals surface area contributed by atoms with Crippen LogP contribution in [0.5, 0.6) is 0 Å². The number of carbonyl (C=O) groups is 1. The highest BCUT2D eigenvalue weighted by molar-refractivity contribution is 8.01. The molecule has 0 radical (unpaired) electrons. The zero-order valence-corrected chi connectivity index (χ0v) is 16.2. The number of rotatable bonds is 3. The fourth-order valence-electron chi connectivity index (χ4n) is 3.53. The molecule has 1 amide bonds. The Balaban J connectivity index is 1.40. The Morgan fingerprint density at radius 3 is 2.96 bits per heavy atom.